The first-order valence-corrected chi connectivity index (χ1v) is 5.89. The van der Waals surface area contributed by atoms with Crippen molar-refractivity contribution >= 4 is 11.6 Å². The first kappa shape index (κ1) is 12.4. The smallest absolute Gasteiger partial charge is 0.293 e. The highest BCUT2D eigenvalue weighted by Gasteiger charge is 2.13. The molecule has 1 amide bonds. The van der Waals surface area contributed by atoms with Crippen LogP contribution in [-0.4, -0.2) is 10.9 Å². The maximum absolute atomic E-state index is 11.9. The monoisotopic (exact) mass is 244 g/mol. The number of carbonyl (C=O) groups excluding carboxylic acids is 1. The summed E-state index contributed by atoms with van der Waals surface area (Å²) in [5.74, 6) is 0.455. The number of nitrogens with zero attached hydrogens (tertiary/aromatic N) is 1. The van der Waals surface area contributed by atoms with Gasteiger partial charge in [0.15, 0.2) is 6.39 Å². The summed E-state index contributed by atoms with van der Waals surface area (Å²) in [5.41, 5.74) is 2.58. The van der Waals surface area contributed by atoms with Crippen LogP contribution >= 0.6 is 0 Å². The van der Waals surface area contributed by atoms with Crippen molar-refractivity contribution in [2.75, 3.05) is 5.32 Å². The van der Waals surface area contributed by atoms with E-state index in [4.69, 9.17) is 4.42 Å². The van der Waals surface area contributed by atoms with E-state index in [1.165, 1.54) is 12.0 Å². The van der Waals surface area contributed by atoms with E-state index in [2.05, 4.69) is 24.1 Å². The van der Waals surface area contributed by atoms with Gasteiger partial charge in [0, 0.05) is 5.69 Å². The minimum atomic E-state index is -0.276. The van der Waals surface area contributed by atoms with Crippen molar-refractivity contribution in [2.45, 2.75) is 26.7 Å². The molecule has 1 aromatic carbocycles. The lowest BCUT2D eigenvalue weighted by molar-refractivity contribution is 0.0996. The Balaban J connectivity index is 2.10. The number of benzene rings is 1. The van der Waals surface area contributed by atoms with Crippen molar-refractivity contribution < 1.29 is 9.21 Å². The normalized spacial score (nSPS) is 10.7. The average molecular weight is 244 g/mol. The standard InChI is InChI=1S/C14H16N2O2/c1-9(2)11-4-6-12(7-5-11)16-14(17)13-10(3)15-8-18-13/h4-9H,1-3H3,(H,16,17). The largest absolute Gasteiger partial charge is 0.438 e. The highest BCUT2D eigenvalue weighted by molar-refractivity contribution is 6.02. The summed E-state index contributed by atoms with van der Waals surface area (Å²) < 4.78 is 5.04. The summed E-state index contributed by atoms with van der Waals surface area (Å²) in [7, 11) is 0. The Morgan fingerprint density at radius 2 is 1.94 bits per heavy atom. The first-order chi connectivity index (χ1) is 8.58. The second-order valence-electron chi connectivity index (χ2n) is 4.50. The summed E-state index contributed by atoms with van der Waals surface area (Å²) >= 11 is 0. The van der Waals surface area contributed by atoms with E-state index in [-0.39, 0.29) is 11.7 Å². The quantitative estimate of drug-likeness (QED) is 0.900. The van der Waals surface area contributed by atoms with Crippen molar-refractivity contribution in [3.05, 3.63) is 47.7 Å². The van der Waals surface area contributed by atoms with E-state index in [0.29, 0.717) is 11.6 Å². The second kappa shape index (κ2) is 5.04. The summed E-state index contributed by atoms with van der Waals surface area (Å²) in [6, 6.07) is 7.79. The van der Waals surface area contributed by atoms with Crippen LogP contribution in [0.5, 0.6) is 0 Å². The molecule has 1 N–H and O–H groups in total. The van der Waals surface area contributed by atoms with Gasteiger partial charge in [0.1, 0.15) is 0 Å². The van der Waals surface area contributed by atoms with E-state index in [1.54, 1.807) is 6.92 Å². The third-order valence-electron chi connectivity index (χ3n) is 2.79. The van der Waals surface area contributed by atoms with Crippen LogP contribution in [-0.2, 0) is 0 Å². The fourth-order valence-electron chi connectivity index (χ4n) is 1.66. The Morgan fingerprint density at radius 3 is 2.44 bits per heavy atom. The summed E-state index contributed by atoms with van der Waals surface area (Å²) in [4.78, 5) is 15.8. The van der Waals surface area contributed by atoms with Gasteiger partial charge in [-0.15, -0.1) is 0 Å². The summed E-state index contributed by atoms with van der Waals surface area (Å²) in [6.07, 6.45) is 1.27. The molecular weight excluding hydrogens is 228 g/mol. The van der Waals surface area contributed by atoms with E-state index in [1.807, 2.05) is 24.3 Å². The van der Waals surface area contributed by atoms with Crippen molar-refractivity contribution in [1.29, 1.82) is 0 Å². The molecule has 0 radical (unpaired) electrons. The van der Waals surface area contributed by atoms with Gasteiger partial charge in [-0.3, -0.25) is 4.79 Å². The Morgan fingerprint density at radius 1 is 1.28 bits per heavy atom. The lowest BCUT2D eigenvalue weighted by Gasteiger charge is -2.07. The molecule has 2 aromatic rings. The molecule has 0 saturated carbocycles. The molecule has 1 heterocycles. The molecule has 94 valence electrons. The number of hydrogen-bond donors (Lipinski definition) is 1. The van der Waals surface area contributed by atoms with Crippen molar-refractivity contribution in [3.8, 4) is 0 Å². The molecule has 0 aliphatic rings. The first-order valence-electron chi connectivity index (χ1n) is 5.89. The van der Waals surface area contributed by atoms with Gasteiger partial charge >= 0.3 is 0 Å². The Labute approximate surface area is 106 Å². The number of hydrogen-bond acceptors (Lipinski definition) is 3. The van der Waals surface area contributed by atoms with Gasteiger partial charge in [-0.25, -0.2) is 4.98 Å². The predicted molar refractivity (Wildman–Crippen MR) is 69.7 cm³/mol. The van der Waals surface area contributed by atoms with Crippen molar-refractivity contribution in [2.24, 2.45) is 0 Å². The zero-order valence-corrected chi connectivity index (χ0v) is 10.7. The number of nitrogens with one attached hydrogen (secondary N) is 1. The van der Waals surface area contributed by atoms with E-state index in [9.17, 15) is 4.79 Å². The summed E-state index contributed by atoms with van der Waals surface area (Å²) in [6.45, 7) is 6.00. The van der Waals surface area contributed by atoms with Gasteiger partial charge in [-0.2, -0.15) is 0 Å². The molecule has 18 heavy (non-hydrogen) atoms. The van der Waals surface area contributed by atoms with Gasteiger partial charge in [-0.1, -0.05) is 26.0 Å². The molecule has 0 fully saturated rings. The highest BCUT2D eigenvalue weighted by atomic mass is 16.3. The van der Waals surface area contributed by atoms with Crippen LogP contribution < -0.4 is 5.32 Å². The molecule has 0 atom stereocenters. The number of anilines is 1. The van der Waals surface area contributed by atoms with Gasteiger partial charge in [0.05, 0.1) is 5.69 Å². The fraction of sp³-hybridized carbons (Fsp3) is 0.286. The molecule has 4 nitrogen and oxygen atoms in total. The minimum absolute atomic E-state index is 0.253. The number of oxazole rings is 1. The Kier molecular flexibility index (Phi) is 3.46. The molecule has 0 unspecified atom stereocenters. The van der Waals surface area contributed by atoms with Crippen LogP contribution in [0, 0.1) is 6.92 Å². The van der Waals surface area contributed by atoms with E-state index in [0.717, 1.165) is 5.69 Å². The maximum atomic E-state index is 11.9. The van der Waals surface area contributed by atoms with Gasteiger partial charge in [0.25, 0.3) is 5.91 Å². The van der Waals surface area contributed by atoms with Crippen molar-refractivity contribution in [1.82, 2.24) is 4.98 Å². The van der Waals surface area contributed by atoms with Crippen molar-refractivity contribution in [3.63, 3.8) is 0 Å². The third-order valence-corrected chi connectivity index (χ3v) is 2.79. The van der Waals surface area contributed by atoms with Crippen LogP contribution in [0.3, 0.4) is 0 Å². The Hall–Kier alpha value is -2.10. The van der Waals surface area contributed by atoms with E-state index < -0.39 is 0 Å². The van der Waals surface area contributed by atoms with Crippen LogP contribution in [0.25, 0.3) is 0 Å². The van der Waals surface area contributed by atoms with E-state index >= 15 is 0 Å². The molecule has 0 bridgehead atoms. The molecule has 2 rings (SSSR count). The number of aromatic nitrogens is 1. The molecule has 1 aromatic heterocycles. The number of amides is 1. The summed E-state index contributed by atoms with van der Waals surface area (Å²) in [5, 5.41) is 2.78. The second-order valence-corrected chi connectivity index (χ2v) is 4.50. The highest BCUT2D eigenvalue weighted by Crippen LogP contribution is 2.18. The number of rotatable bonds is 3. The van der Waals surface area contributed by atoms with Gasteiger partial charge < -0.3 is 9.73 Å². The number of aryl methyl sites for hydroxylation is 1. The molecule has 0 aliphatic carbocycles. The molecule has 4 heteroatoms. The van der Waals surface area contributed by atoms with Crippen LogP contribution in [0.15, 0.2) is 35.1 Å². The zero-order valence-electron chi connectivity index (χ0n) is 10.7. The van der Waals surface area contributed by atoms with Crippen LogP contribution in [0.4, 0.5) is 5.69 Å². The molecule has 0 aliphatic heterocycles. The predicted octanol–water partition coefficient (Wildman–Crippen LogP) is 3.36. The number of carbonyl (C=O) groups is 1. The van der Waals surface area contributed by atoms with Gasteiger partial charge in [-0.05, 0) is 30.5 Å². The zero-order chi connectivity index (χ0) is 13.1. The molecular formula is C14H16N2O2. The van der Waals surface area contributed by atoms with Crippen LogP contribution in [0.1, 0.15) is 41.6 Å². The SMILES string of the molecule is Cc1ncoc1C(=O)Nc1ccc(C(C)C)cc1. The third kappa shape index (κ3) is 2.59. The van der Waals surface area contributed by atoms with Gasteiger partial charge in [0.2, 0.25) is 5.76 Å². The van der Waals surface area contributed by atoms with Crippen LogP contribution in [0.2, 0.25) is 0 Å². The lowest BCUT2D eigenvalue weighted by Crippen LogP contribution is -2.12. The molecule has 0 spiro atoms. The topological polar surface area (TPSA) is 55.1 Å². The average Bonchev–Trinajstić information content (AvgIpc) is 2.76. The Bertz CT molecular complexity index is 541. The lowest BCUT2D eigenvalue weighted by atomic mass is 10.0. The fourth-order valence-corrected chi connectivity index (χ4v) is 1.66. The molecule has 0 saturated heterocycles. The minimum Gasteiger partial charge on any atom is -0.438 e. The maximum Gasteiger partial charge on any atom is 0.293 e.